The minimum atomic E-state index is 0.615. The van der Waals surface area contributed by atoms with Crippen molar-refractivity contribution in [3.8, 4) is 0 Å². The highest BCUT2D eigenvalue weighted by molar-refractivity contribution is 4.86. The summed E-state index contributed by atoms with van der Waals surface area (Å²) in [6, 6.07) is 0. The van der Waals surface area contributed by atoms with Crippen LogP contribution in [0, 0.1) is 11.3 Å². The maximum absolute atomic E-state index is 5.45. The lowest BCUT2D eigenvalue weighted by atomic mass is 9.65. The maximum atomic E-state index is 5.45. The Kier molecular flexibility index (Phi) is 1.31. The Labute approximate surface area is 51.3 Å². The standard InChI is InChI=1S/C7H15N/c1-7(2)3-6(4-7)5-8/h6H,3-5,8H2,1-2H3. The minimum absolute atomic E-state index is 0.615. The van der Waals surface area contributed by atoms with E-state index in [4.69, 9.17) is 5.73 Å². The second-order valence-corrected chi connectivity index (χ2v) is 3.67. The van der Waals surface area contributed by atoms with Gasteiger partial charge >= 0.3 is 0 Å². The topological polar surface area (TPSA) is 26.0 Å². The molecule has 0 aromatic heterocycles. The molecule has 1 aliphatic carbocycles. The fourth-order valence-corrected chi connectivity index (χ4v) is 1.67. The van der Waals surface area contributed by atoms with E-state index in [2.05, 4.69) is 13.8 Å². The summed E-state index contributed by atoms with van der Waals surface area (Å²) >= 11 is 0. The molecule has 2 N–H and O–H groups in total. The second kappa shape index (κ2) is 1.73. The van der Waals surface area contributed by atoms with Crippen LogP contribution in [0.4, 0.5) is 0 Å². The van der Waals surface area contributed by atoms with E-state index >= 15 is 0 Å². The van der Waals surface area contributed by atoms with Crippen LogP contribution in [0.2, 0.25) is 0 Å². The zero-order valence-corrected chi connectivity index (χ0v) is 5.78. The summed E-state index contributed by atoms with van der Waals surface area (Å²) in [6.45, 7) is 5.50. The summed E-state index contributed by atoms with van der Waals surface area (Å²) in [7, 11) is 0. The van der Waals surface area contributed by atoms with Crippen LogP contribution in [0.3, 0.4) is 0 Å². The molecule has 1 nitrogen and oxygen atoms in total. The van der Waals surface area contributed by atoms with Crippen LogP contribution in [0.25, 0.3) is 0 Å². The molecule has 0 aromatic rings. The van der Waals surface area contributed by atoms with Gasteiger partial charge in [0.2, 0.25) is 0 Å². The Morgan fingerprint density at radius 2 is 2.00 bits per heavy atom. The number of hydrogen-bond donors (Lipinski definition) is 1. The van der Waals surface area contributed by atoms with Gasteiger partial charge in [-0.25, -0.2) is 0 Å². The van der Waals surface area contributed by atoms with Crippen LogP contribution in [0.1, 0.15) is 26.7 Å². The lowest BCUT2D eigenvalue weighted by molar-refractivity contribution is 0.103. The van der Waals surface area contributed by atoms with Crippen molar-refractivity contribution >= 4 is 0 Å². The molecule has 0 heterocycles. The predicted octanol–water partition coefficient (Wildman–Crippen LogP) is 1.38. The van der Waals surface area contributed by atoms with Crippen LogP contribution in [-0.2, 0) is 0 Å². The van der Waals surface area contributed by atoms with Gasteiger partial charge in [0.1, 0.15) is 0 Å². The van der Waals surface area contributed by atoms with E-state index in [1.807, 2.05) is 0 Å². The smallest absolute Gasteiger partial charge is 0.00485 e. The van der Waals surface area contributed by atoms with Crippen molar-refractivity contribution in [2.45, 2.75) is 26.7 Å². The first-order valence-corrected chi connectivity index (χ1v) is 3.34. The van der Waals surface area contributed by atoms with Gasteiger partial charge in [0.25, 0.3) is 0 Å². The van der Waals surface area contributed by atoms with Crippen molar-refractivity contribution in [2.75, 3.05) is 6.54 Å². The molecule has 1 saturated carbocycles. The largest absolute Gasteiger partial charge is 0.330 e. The summed E-state index contributed by atoms with van der Waals surface area (Å²) in [5.41, 5.74) is 6.07. The molecular weight excluding hydrogens is 98.1 g/mol. The van der Waals surface area contributed by atoms with Gasteiger partial charge in [-0.1, -0.05) is 13.8 Å². The Hall–Kier alpha value is -0.0400. The van der Waals surface area contributed by atoms with E-state index in [1.165, 1.54) is 12.8 Å². The van der Waals surface area contributed by atoms with E-state index in [9.17, 15) is 0 Å². The molecule has 8 heavy (non-hydrogen) atoms. The average Bonchev–Trinajstić information content (AvgIpc) is 1.60. The van der Waals surface area contributed by atoms with E-state index in [-0.39, 0.29) is 0 Å². The zero-order chi connectivity index (χ0) is 6.20. The molecule has 48 valence electrons. The third kappa shape index (κ3) is 1.03. The zero-order valence-electron chi connectivity index (χ0n) is 5.78. The molecule has 0 bridgehead atoms. The third-order valence-corrected chi connectivity index (χ3v) is 2.02. The van der Waals surface area contributed by atoms with Crippen molar-refractivity contribution in [1.82, 2.24) is 0 Å². The minimum Gasteiger partial charge on any atom is -0.330 e. The van der Waals surface area contributed by atoms with Gasteiger partial charge in [0.15, 0.2) is 0 Å². The maximum Gasteiger partial charge on any atom is -0.00485 e. The Bertz CT molecular complexity index is 78.4. The molecule has 0 saturated heterocycles. The molecule has 0 aromatic carbocycles. The third-order valence-electron chi connectivity index (χ3n) is 2.02. The SMILES string of the molecule is CC1(C)CC(CN)C1. The molecule has 0 unspecified atom stereocenters. The highest BCUT2D eigenvalue weighted by atomic mass is 14.6. The molecule has 0 radical (unpaired) electrons. The van der Waals surface area contributed by atoms with Crippen molar-refractivity contribution in [3.63, 3.8) is 0 Å². The van der Waals surface area contributed by atoms with Gasteiger partial charge < -0.3 is 5.73 Å². The first kappa shape index (κ1) is 6.09. The Balaban J connectivity index is 2.21. The molecule has 1 aliphatic rings. The molecular formula is C7H15N. The van der Waals surface area contributed by atoms with Crippen LogP contribution < -0.4 is 5.73 Å². The summed E-state index contributed by atoms with van der Waals surface area (Å²) in [4.78, 5) is 0. The van der Waals surface area contributed by atoms with E-state index in [1.54, 1.807) is 0 Å². The van der Waals surface area contributed by atoms with Gasteiger partial charge in [0, 0.05) is 0 Å². The average molecular weight is 113 g/mol. The van der Waals surface area contributed by atoms with Gasteiger partial charge in [0.05, 0.1) is 0 Å². The number of nitrogens with two attached hydrogens (primary N) is 1. The quantitative estimate of drug-likeness (QED) is 0.546. The van der Waals surface area contributed by atoms with Gasteiger partial charge in [-0.05, 0) is 30.7 Å². The predicted molar refractivity (Wildman–Crippen MR) is 35.6 cm³/mol. The molecule has 1 fully saturated rings. The second-order valence-electron chi connectivity index (χ2n) is 3.67. The first-order valence-electron chi connectivity index (χ1n) is 3.34. The normalized spacial score (nSPS) is 27.4. The van der Waals surface area contributed by atoms with Gasteiger partial charge in [-0.2, -0.15) is 0 Å². The van der Waals surface area contributed by atoms with Crippen LogP contribution >= 0.6 is 0 Å². The molecule has 0 atom stereocenters. The van der Waals surface area contributed by atoms with Crippen molar-refractivity contribution < 1.29 is 0 Å². The molecule has 1 rings (SSSR count). The first-order chi connectivity index (χ1) is 3.64. The lowest BCUT2D eigenvalue weighted by Gasteiger charge is -2.42. The van der Waals surface area contributed by atoms with Crippen molar-refractivity contribution in [1.29, 1.82) is 0 Å². The molecule has 0 spiro atoms. The lowest BCUT2D eigenvalue weighted by Crippen LogP contribution is -2.36. The molecule has 1 heteroatoms. The molecule has 0 aliphatic heterocycles. The number of rotatable bonds is 1. The number of hydrogen-bond acceptors (Lipinski definition) is 1. The fraction of sp³-hybridized carbons (Fsp3) is 1.00. The Morgan fingerprint density at radius 3 is 2.12 bits per heavy atom. The summed E-state index contributed by atoms with van der Waals surface area (Å²) in [5, 5.41) is 0. The van der Waals surface area contributed by atoms with Crippen LogP contribution in [-0.4, -0.2) is 6.54 Å². The van der Waals surface area contributed by atoms with E-state index < -0.39 is 0 Å². The van der Waals surface area contributed by atoms with Crippen molar-refractivity contribution in [3.05, 3.63) is 0 Å². The fourth-order valence-electron chi connectivity index (χ4n) is 1.67. The summed E-state index contributed by atoms with van der Waals surface area (Å²) in [6.07, 6.45) is 2.67. The van der Waals surface area contributed by atoms with E-state index in [0.29, 0.717) is 5.41 Å². The van der Waals surface area contributed by atoms with E-state index in [0.717, 1.165) is 12.5 Å². The van der Waals surface area contributed by atoms with Crippen LogP contribution in [0.5, 0.6) is 0 Å². The van der Waals surface area contributed by atoms with Gasteiger partial charge in [-0.3, -0.25) is 0 Å². The van der Waals surface area contributed by atoms with Gasteiger partial charge in [-0.15, -0.1) is 0 Å². The van der Waals surface area contributed by atoms with Crippen LogP contribution in [0.15, 0.2) is 0 Å². The molecule has 0 amide bonds. The Morgan fingerprint density at radius 1 is 1.50 bits per heavy atom. The summed E-state index contributed by atoms with van der Waals surface area (Å²) in [5.74, 6) is 0.838. The highest BCUT2D eigenvalue weighted by Gasteiger charge is 2.34. The van der Waals surface area contributed by atoms with Crippen molar-refractivity contribution in [2.24, 2.45) is 17.1 Å². The highest BCUT2D eigenvalue weighted by Crippen LogP contribution is 2.43. The monoisotopic (exact) mass is 113 g/mol. The summed E-state index contributed by atoms with van der Waals surface area (Å²) < 4.78 is 0.